The summed E-state index contributed by atoms with van der Waals surface area (Å²) in [6.45, 7) is 3.97. The van der Waals surface area contributed by atoms with Crippen molar-refractivity contribution in [3.63, 3.8) is 0 Å². The van der Waals surface area contributed by atoms with E-state index in [0.717, 1.165) is 25.9 Å². The molecule has 0 saturated carbocycles. The first-order valence-corrected chi connectivity index (χ1v) is 9.17. The summed E-state index contributed by atoms with van der Waals surface area (Å²) in [4.78, 5) is 11.5. The zero-order valence-corrected chi connectivity index (χ0v) is 14.4. The third kappa shape index (κ3) is 4.60. The second-order valence-electron chi connectivity index (χ2n) is 6.09. The predicted molar refractivity (Wildman–Crippen MR) is 88.0 cm³/mol. The molecule has 1 aliphatic heterocycles. The molecule has 0 spiro atoms. The summed E-state index contributed by atoms with van der Waals surface area (Å²) in [5.41, 5.74) is 0.201. The number of piperidine rings is 1. The van der Waals surface area contributed by atoms with Crippen molar-refractivity contribution in [3.05, 3.63) is 29.8 Å². The quantitative estimate of drug-likeness (QED) is 0.728. The number of sulfonamides is 1. The molecule has 0 aromatic heterocycles. The average Bonchev–Trinajstić information content (AvgIpc) is 2.54. The fourth-order valence-electron chi connectivity index (χ4n) is 2.85. The van der Waals surface area contributed by atoms with Crippen molar-refractivity contribution in [2.45, 2.75) is 24.7 Å². The Bertz CT molecular complexity index is 646. The van der Waals surface area contributed by atoms with E-state index < -0.39 is 10.0 Å². The maximum atomic E-state index is 12.5. The van der Waals surface area contributed by atoms with Gasteiger partial charge < -0.3 is 10.1 Å². The number of ether oxygens (including phenoxy) is 1. The van der Waals surface area contributed by atoms with Gasteiger partial charge in [0.1, 0.15) is 0 Å². The van der Waals surface area contributed by atoms with Crippen LogP contribution in [-0.2, 0) is 14.8 Å². The molecule has 7 heteroatoms. The van der Waals surface area contributed by atoms with E-state index in [0.29, 0.717) is 18.7 Å². The molecule has 0 atom stereocenters. The number of ketones is 1. The lowest BCUT2D eigenvalue weighted by molar-refractivity contribution is 0.0577. The van der Waals surface area contributed by atoms with E-state index in [4.69, 9.17) is 4.74 Å². The predicted octanol–water partition coefficient (Wildman–Crippen LogP) is 1.18. The molecular formula is C16H24N2O4S. The van der Waals surface area contributed by atoms with Gasteiger partial charge >= 0.3 is 0 Å². The summed E-state index contributed by atoms with van der Waals surface area (Å²) in [6.07, 6.45) is 1.72. The summed E-state index contributed by atoms with van der Waals surface area (Å²) >= 11 is 0. The van der Waals surface area contributed by atoms with Crippen molar-refractivity contribution in [1.29, 1.82) is 0 Å². The average molecular weight is 340 g/mol. The zero-order chi connectivity index (χ0) is 16.9. The van der Waals surface area contributed by atoms with Crippen LogP contribution in [0, 0.1) is 5.41 Å². The van der Waals surface area contributed by atoms with Crippen LogP contribution in [0.25, 0.3) is 0 Å². The van der Waals surface area contributed by atoms with E-state index in [1.807, 2.05) is 0 Å². The number of carbonyl (C=O) groups excluding carboxylic acids is 1. The Hall–Kier alpha value is -1.28. The van der Waals surface area contributed by atoms with Crippen LogP contribution in [0.5, 0.6) is 0 Å². The molecule has 0 amide bonds. The Morgan fingerprint density at radius 3 is 2.65 bits per heavy atom. The van der Waals surface area contributed by atoms with Gasteiger partial charge in [0, 0.05) is 24.6 Å². The van der Waals surface area contributed by atoms with Crippen molar-refractivity contribution < 1.29 is 17.9 Å². The number of benzene rings is 1. The number of nitrogens with one attached hydrogen (secondary N) is 2. The van der Waals surface area contributed by atoms with E-state index in [9.17, 15) is 13.2 Å². The molecule has 0 radical (unpaired) electrons. The van der Waals surface area contributed by atoms with Crippen LogP contribution >= 0.6 is 0 Å². The maximum absolute atomic E-state index is 12.5. The Morgan fingerprint density at radius 2 is 2.04 bits per heavy atom. The van der Waals surface area contributed by atoms with Crippen molar-refractivity contribution in [1.82, 2.24) is 10.0 Å². The van der Waals surface area contributed by atoms with E-state index in [1.165, 1.54) is 19.1 Å². The molecule has 0 bridgehead atoms. The molecule has 0 aliphatic carbocycles. The fourth-order valence-corrected chi connectivity index (χ4v) is 4.05. The molecular weight excluding hydrogens is 316 g/mol. The van der Waals surface area contributed by atoms with Gasteiger partial charge in [-0.15, -0.1) is 0 Å². The smallest absolute Gasteiger partial charge is 0.240 e. The molecule has 128 valence electrons. The number of hydrogen-bond acceptors (Lipinski definition) is 5. The highest BCUT2D eigenvalue weighted by Gasteiger charge is 2.33. The molecule has 1 saturated heterocycles. The van der Waals surface area contributed by atoms with E-state index in [1.54, 1.807) is 19.2 Å². The van der Waals surface area contributed by atoms with Gasteiger partial charge in [0.15, 0.2) is 5.78 Å². The number of carbonyl (C=O) groups is 1. The van der Waals surface area contributed by atoms with E-state index in [-0.39, 0.29) is 16.1 Å². The highest BCUT2D eigenvalue weighted by molar-refractivity contribution is 7.89. The number of methoxy groups -OCH3 is 1. The molecule has 1 fully saturated rings. The minimum absolute atomic E-state index is 0.117. The largest absolute Gasteiger partial charge is 0.384 e. The van der Waals surface area contributed by atoms with E-state index >= 15 is 0 Å². The third-order valence-corrected chi connectivity index (χ3v) is 5.70. The van der Waals surface area contributed by atoms with Crippen LogP contribution in [0.3, 0.4) is 0 Å². The lowest BCUT2D eigenvalue weighted by Crippen LogP contribution is -2.47. The van der Waals surface area contributed by atoms with Crippen molar-refractivity contribution in [2.24, 2.45) is 5.41 Å². The Kier molecular flexibility index (Phi) is 5.91. The molecule has 2 N–H and O–H groups in total. The summed E-state index contributed by atoms with van der Waals surface area (Å²) in [6, 6.07) is 6.11. The van der Waals surface area contributed by atoms with Crippen LogP contribution < -0.4 is 10.0 Å². The second-order valence-corrected chi connectivity index (χ2v) is 7.86. The van der Waals surface area contributed by atoms with Crippen LogP contribution in [0.4, 0.5) is 0 Å². The van der Waals surface area contributed by atoms with Gasteiger partial charge in [-0.3, -0.25) is 4.79 Å². The Balaban J connectivity index is 2.14. The minimum Gasteiger partial charge on any atom is -0.384 e. The minimum atomic E-state index is -3.65. The standard InChI is InChI=1S/C16H24N2O4S/c1-13(19)14-4-3-5-15(10-14)23(20,21)18-11-16(12-22-2)6-8-17-9-7-16/h3-5,10,17-18H,6-9,11-12H2,1-2H3. The summed E-state index contributed by atoms with van der Waals surface area (Å²) < 4.78 is 33.0. The summed E-state index contributed by atoms with van der Waals surface area (Å²) in [7, 11) is -2.02. The normalized spacial score (nSPS) is 17.8. The highest BCUT2D eigenvalue weighted by Crippen LogP contribution is 2.29. The van der Waals surface area contributed by atoms with Crippen LogP contribution in [0.2, 0.25) is 0 Å². The van der Waals surface area contributed by atoms with Crippen LogP contribution in [-0.4, -0.2) is 47.6 Å². The van der Waals surface area contributed by atoms with Gasteiger partial charge in [0.25, 0.3) is 0 Å². The topological polar surface area (TPSA) is 84.5 Å². The number of rotatable bonds is 7. The molecule has 6 nitrogen and oxygen atoms in total. The first-order chi connectivity index (χ1) is 10.9. The lowest BCUT2D eigenvalue weighted by Gasteiger charge is -2.37. The molecule has 2 rings (SSSR count). The van der Waals surface area contributed by atoms with Crippen molar-refractivity contribution >= 4 is 15.8 Å². The van der Waals surface area contributed by atoms with E-state index in [2.05, 4.69) is 10.0 Å². The summed E-state index contributed by atoms with van der Waals surface area (Å²) in [5.74, 6) is -0.156. The molecule has 1 aromatic carbocycles. The Labute approximate surface area is 137 Å². The molecule has 1 aromatic rings. The maximum Gasteiger partial charge on any atom is 0.240 e. The van der Waals surface area contributed by atoms with Crippen molar-refractivity contribution in [3.8, 4) is 0 Å². The number of Topliss-reactive ketones (excluding diaryl/α,β-unsaturated/α-hetero) is 1. The van der Waals surface area contributed by atoms with Crippen LogP contribution in [0.15, 0.2) is 29.2 Å². The SMILES string of the molecule is COCC1(CNS(=O)(=O)c2cccc(C(C)=O)c2)CCNCC1. The second kappa shape index (κ2) is 7.53. The van der Waals surface area contributed by atoms with Gasteiger partial charge in [-0.25, -0.2) is 13.1 Å². The molecule has 23 heavy (non-hydrogen) atoms. The van der Waals surface area contributed by atoms with Crippen LogP contribution in [0.1, 0.15) is 30.1 Å². The number of hydrogen-bond donors (Lipinski definition) is 2. The van der Waals surface area contributed by atoms with Gasteiger partial charge in [-0.1, -0.05) is 12.1 Å². The van der Waals surface area contributed by atoms with Gasteiger partial charge in [0.05, 0.1) is 11.5 Å². The van der Waals surface area contributed by atoms with Gasteiger partial charge in [0.2, 0.25) is 10.0 Å². The fraction of sp³-hybridized carbons (Fsp3) is 0.562. The summed E-state index contributed by atoms with van der Waals surface area (Å²) in [5, 5.41) is 3.28. The Morgan fingerprint density at radius 1 is 1.35 bits per heavy atom. The van der Waals surface area contributed by atoms with Crippen molar-refractivity contribution in [2.75, 3.05) is 33.4 Å². The monoisotopic (exact) mass is 340 g/mol. The molecule has 0 unspecified atom stereocenters. The molecule has 1 aliphatic rings. The first-order valence-electron chi connectivity index (χ1n) is 7.69. The van der Waals surface area contributed by atoms with Gasteiger partial charge in [-0.2, -0.15) is 0 Å². The highest BCUT2D eigenvalue weighted by atomic mass is 32.2. The molecule has 1 heterocycles. The zero-order valence-electron chi connectivity index (χ0n) is 13.6. The first kappa shape index (κ1) is 18.1. The van der Waals surface area contributed by atoms with Gasteiger partial charge in [-0.05, 0) is 45.0 Å². The lowest BCUT2D eigenvalue weighted by atomic mass is 9.80. The third-order valence-electron chi connectivity index (χ3n) is 4.30.